The first-order valence-electron chi connectivity index (χ1n) is 3.85. The highest BCUT2D eigenvalue weighted by Gasteiger charge is 2.13. The number of nitrogens with two attached hydrogens (primary N) is 1. The van der Waals surface area contributed by atoms with E-state index in [9.17, 15) is 4.79 Å². The fourth-order valence-corrected chi connectivity index (χ4v) is 1.36. The maximum absolute atomic E-state index is 11.0. The van der Waals surface area contributed by atoms with Crippen molar-refractivity contribution in [2.45, 2.75) is 19.4 Å². The van der Waals surface area contributed by atoms with Crippen LogP contribution in [-0.4, -0.2) is 36.0 Å². The van der Waals surface area contributed by atoms with Crippen molar-refractivity contribution in [1.82, 2.24) is 10.3 Å². The van der Waals surface area contributed by atoms with Gasteiger partial charge in [-0.15, -0.1) is 0 Å². The van der Waals surface area contributed by atoms with Gasteiger partial charge in [-0.25, -0.2) is 10.6 Å². The van der Waals surface area contributed by atoms with Gasteiger partial charge in [-0.2, -0.15) is 11.8 Å². The van der Waals surface area contributed by atoms with Crippen molar-refractivity contribution in [2.75, 3.05) is 19.1 Å². The van der Waals surface area contributed by atoms with E-state index in [1.807, 2.05) is 6.92 Å². The molecule has 0 saturated heterocycles. The highest BCUT2D eigenvalue weighted by atomic mass is 32.2. The molecule has 0 saturated carbocycles. The zero-order chi connectivity index (χ0) is 9.56. The first kappa shape index (κ1) is 11.6. The van der Waals surface area contributed by atoms with Gasteiger partial charge < -0.3 is 4.90 Å². The van der Waals surface area contributed by atoms with Crippen molar-refractivity contribution in [3.8, 4) is 0 Å². The molecule has 1 unspecified atom stereocenters. The Morgan fingerprint density at radius 3 is 2.75 bits per heavy atom. The second-order valence-electron chi connectivity index (χ2n) is 2.69. The van der Waals surface area contributed by atoms with E-state index in [2.05, 4.69) is 11.7 Å². The van der Waals surface area contributed by atoms with Gasteiger partial charge in [0.25, 0.3) is 0 Å². The Morgan fingerprint density at radius 2 is 2.33 bits per heavy atom. The quantitative estimate of drug-likeness (QED) is 0.389. The third kappa shape index (κ3) is 3.82. The fourth-order valence-electron chi connectivity index (χ4n) is 0.784. The molecule has 0 radical (unpaired) electrons. The highest BCUT2D eigenvalue weighted by molar-refractivity contribution is 7.98. The van der Waals surface area contributed by atoms with Gasteiger partial charge in [0.1, 0.15) is 0 Å². The SMILES string of the molecule is CSCCC(C)N(C)C(=O)NN. The van der Waals surface area contributed by atoms with Gasteiger partial charge in [0.05, 0.1) is 0 Å². The summed E-state index contributed by atoms with van der Waals surface area (Å²) in [7, 11) is 1.74. The predicted molar refractivity (Wildman–Crippen MR) is 52.9 cm³/mol. The summed E-state index contributed by atoms with van der Waals surface area (Å²) in [6.45, 7) is 2.01. The number of amides is 2. The lowest BCUT2D eigenvalue weighted by Gasteiger charge is -2.23. The first-order valence-corrected chi connectivity index (χ1v) is 5.25. The second-order valence-corrected chi connectivity index (χ2v) is 3.68. The Bertz CT molecular complexity index is 143. The number of carbonyl (C=O) groups is 1. The van der Waals surface area contributed by atoms with Crippen molar-refractivity contribution < 1.29 is 4.79 Å². The van der Waals surface area contributed by atoms with E-state index >= 15 is 0 Å². The Morgan fingerprint density at radius 1 is 1.75 bits per heavy atom. The van der Waals surface area contributed by atoms with E-state index in [1.54, 1.807) is 23.7 Å². The van der Waals surface area contributed by atoms with E-state index in [0.717, 1.165) is 12.2 Å². The lowest BCUT2D eigenvalue weighted by Crippen LogP contribution is -2.45. The lowest BCUT2D eigenvalue weighted by atomic mass is 10.2. The van der Waals surface area contributed by atoms with Gasteiger partial charge in [-0.3, -0.25) is 5.43 Å². The zero-order valence-corrected chi connectivity index (χ0v) is 8.65. The van der Waals surface area contributed by atoms with Gasteiger partial charge in [0.2, 0.25) is 0 Å². The molecule has 4 nitrogen and oxygen atoms in total. The normalized spacial score (nSPS) is 12.3. The summed E-state index contributed by atoms with van der Waals surface area (Å²) in [5, 5.41) is 0. The molecule has 0 heterocycles. The van der Waals surface area contributed by atoms with Crippen LogP contribution in [0, 0.1) is 0 Å². The summed E-state index contributed by atoms with van der Waals surface area (Å²) in [5.74, 6) is 6.05. The molecule has 1 atom stereocenters. The molecule has 0 rings (SSSR count). The Labute approximate surface area is 77.8 Å². The second kappa shape index (κ2) is 6.14. The molecule has 0 aromatic rings. The number of hydrogen-bond acceptors (Lipinski definition) is 3. The molecule has 0 spiro atoms. The maximum Gasteiger partial charge on any atom is 0.331 e. The average molecular weight is 191 g/mol. The summed E-state index contributed by atoms with van der Waals surface area (Å²) in [6, 6.07) is 0.00426. The van der Waals surface area contributed by atoms with E-state index in [4.69, 9.17) is 5.84 Å². The maximum atomic E-state index is 11.0. The summed E-state index contributed by atoms with van der Waals surface area (Å²) >= 11 is 1.78. The minimum atomic E-state index is -0.233. The van der Waals surface area contributed by atoms with Crippen LogP contribution in [0.15, 0.2) is 0 Å². The third-order valence-electron chi connectivity index (χ3n) is 1.84. The number of hydrogen-bond donors (Lipinski definition) is 2. The van der Waals surface area contributed by atoms with Crippen LogP contribution in [-0.2, 0) is 0 Å². The number of thioether (sulfide) groups is 1. The van der Waals surface area contributed by atoms with Crippen molar-refractivity contribution in [2.24, 2.45) is 5.84 Å². The van der Waals surface area contributed by atoms with E-state index in [0.29, 0.717) is 0 Å². The van der Waals surface area contributed by atoms with Crippen LogP contribution in [0.5, 0.6) is 0 Å². The predicted octanol–water partition coefficient (Wildman–Crippen LogP) is 0.643. The number of nitrogens with one attached hydrogen (secondary N) is 1. The molecule has 0 aromatic heterocycles. The minimum Gasteiger partial charge on any atom is -0.324 e. The largest absolute Gasteiger partial charge is 0.331 e. The molecule has 2 amide bonds. The van der Waals surface area contributed by atoms with Crippen LogP contribution in [0.3, 0.4) is 0 Å². The topological polar surface area (TPSA) is 58.4 Å². The minimum absolute atomic E-state index is 0.233. The van der Waals surface area contributed by atoms with E-state index < -0.39 is 0 Å². The fraction of sp³-hybridized carbons (Fsp3) is 0.857. The van der Waals surface area contributed by atoms with Crippen LogP contribution in [0.4, 0.5) is 4.79 Å². The summed E-state index contributed by atoms with van der Waals surface area (Å²) in [6.07, 6.45) is 3.04. The highest BCUT2D eigenvalue weighted by Crippen LogP contribution is 2.05. The van der Waals surface area contributed by atoms with E-state index in [1.165, 1.54) is 0 Å². The Kier molecular flexibility index (Phi) is 5.92. The summed E-state index contributed by atoms with van der Waals surface area (Å²) in [4.78, 5) is 12.6. The van der Waals surface area contributed by atoms with Crippen LogP contribution in [0.25, 0.3) is 0 Å². The van der Waals surface area contributed by atoms with E-state index in [-0.39, 0.29) is 12.1 Å². The molecule has 0 aliphatic rings. The number of hydrazine groups is 1. The van der Waals surface area contributed by atoms with Crippen LogP contribution in [0.1, 0.15) is 13.3 Å². The Balaban J connectivity index is 3.75. The molecular formula is C7H17N3OS. The number of urea groups is 1. The van der Waals surface area contributed by atoms with Gasteiger partial charge in [-0.1, -0.05) is 0 Å². The zero-order valence-electron chi connectivity index (χ0n) is 7.83. The monoisotopic (exact) mass is 191 g/mol. The lowest BCUT2D eigenvalue weighted by molar-refractivity contribution is 0.193. The summed E-state index contributed by atoms with van der Waals surface area (Å²) < 4.78 is 0. The van der Waals surface area contributed by atoms with Crippen molar-refractivity contribution in [3.05, 3.63) is 0 Å². The summed E-state index contributed by atoms with van der Waals surface area (Å²) in [5.41, 5.74) is 2.10. The molecule has 0 aliphatic heterocycles. The smallest absolute Gasteiger partial charge is 0.324 e. The molecule has 0 aliphatic carbocycles. The standard InChI is InChI=1S/C7H17N3OS/c1-6(4-5-12-3)10(2)7(11)9-8/h6H,4-5,8H2,1-3H3,(H,9,11). The molecule has 12 heavy (non-hydrogen) atoms. The van der Waals surface area contributed by atoms with Crippen molar-refractivity contribution in [3.63, 3.8) is 0 Å². The number of carbonyl (C=O) groups excluding carboxylic acids is 1. The molecule has 3 N–H and O–H groups in total. The van der Waals surface area contributed by atoms with Gasteiger partial charge in [-0.05, 0) is 25.4 Å². The van der Waals surface area contributed by atoms with Crippen LogP contribution in [0.2, 0.25) is 0 Å². The molecule has 0 fully saturated rings. The van der Waals surface area contributed by atoms with Gasteiger partial charge in [0.15, 0.2) is 0 Å². The van der Waals surface area contributed by atoms with Crippen LogP contribution >= 0.6 is 11.8 Å². The van der Waals surface area contributed by atoms with Crippen molar-refractivity contribution >= 4 is 17.8 Å². The first-order chi connectivity index (χ1) is 5.63. The van der Waals surface area contributed by atoms with Crippen molar-refractivity contribution in [1.29, 1.82) is 0 Å². The molecule has 72 valence electrons. The van der Waals surface area contributed by atoms with Gasteiger partial charge >= 0.3 is 6.03 Å². The average Bonchev–Trinajstić information content (AvgIpc) is 2.11. The molecule has 0 bridgehead atoms. The van der Waals surface area contributed by atoms with Crippen LogP contribution < -0.4 is 11.3 Å². The molecule has 5 heteroatoms. The number of nitrogens with zero attached hydrogens (tertiary/aromatic N) is 1. The number of rotatable bonds is 4. The van der Waals surface area contributed by atoms with Gasteiger partial charge in [0, 0.05) is 13.1 Å². The molecular weight excluding hydrogens is 174 g/mol. The Hall–Kier alpha value is -0.420. The third-order valence-corrected chi connectivity index (χ3v) is 2.49. The molecule has 0 aromatic carbocycles.